The molecule has 3 amide bonds. The number of H-pyrrole nitrogens is 1. The Morgan fingerprint density at radius 1 is 0.923 bits per heavy atom. The van der Waals surface area contributed by atoms with Gasteiger partial charge in [0.15, 0.2) is 0 Å². The molecule has 1 aliphatic heterocycles. The predicted molar refractivity (Wildman–Crippen MR) is 143 cm³/mol. The Hall–Kier alpha value is -4.77. The van der Waals surface area contributed by atoms with E-state index in [1.54, 1.807) is 30.5 Å². The fourth-order valence-electron chi connectivity index (χ4n) is 3.94. The molecule has 3 aromatic carbocycles. The van der Waals surface area contributed by atoms with Crippen LogP contribution in [0.25, 0.3) is 11.6 Å². The van der Waals surface area contributed by atoms with E-state index in [-0.39, 0.29) is 22.3 Å². The summed E-state index contributed by atoms with van der Waals surface area (Å²) >= 11 is 5.91. The molecule has 1 aliphatic rings. The molecule has 2 heterocycles. The number of anilines is 5. The van der Waals surface area contributed by atoms with Gasteiger partial charge in [0.05, 0.1) is 33.2 Å². The maximum absolute atomic E-state index is 14.4. The average molecular weight is 556 g/mol. The zero-order valence-corrected chi connectivity index (χ0v) is 20.5. The van der Waals surface area contributed by atoms with Crippen molar-refractivity contribution in [2.75, 3.05) is 21.3 Å². The van der Waals surface area contributed by atoms with Crippen molar-refractivity contribution >= 4 is 63.6 Å². The van der Waals surface area contributed by atoms with E-state index in [0.29, 0.717) is 34.3 Å². The van der Waals surface area contributed by atoms with Gasteiger partial charge in [-0.2, -0.15) is 13.2 Å². The first kappa shape index (κ1) is 25.9. The number of hydrogen-bond acceptors (Lipinski definition) is 3. The van der Waals surface area contributed by atoms with E-state index in [9.17, 15) is 27.2 Å². The molecule has 12 heteroatoms. The largest absolute Gasteiger partial charge is 0.416 e. The quantitative estimate of drug-likeness (QED) is 0.129. The highest BCUT2D eigenvalue weighted by Crippen LogP contribution is 2.36. The topological polar surface area (TPSA) is 98.1 Å². The molecule has 0 atom stereocenters. The molecule has 0 radical (unpaired) electrons. The molecule has 7 nitrogen and oxygen atoms in total. The summed E-state index contributed by atoms with van der Waals surface area (Å²) in [4.78, 5) is 27.9. The van der Waals surface area contributed by atoms with Gasteiger partial charge in [-0.1, -0.05) is 17.7 Å². The zero-order chi connectivity index (χ0) is 27.7. The van der Waals surface area contributed by atoms with Crippen molar-refractivity contribution in [3.8, 4) is 0 Å². The number of carbonyl (C=O) groups excluding carboxylic acids is 2. The maximum atomic E-state index is 14.4. The van der Waals surface area contributed by atoms with Gasteiger partial charge in [-0.3, -0.25) is 4.79 Å². The van der Waals surface area contributed by atoms with Gasteiger partial charge in [-0.15, -0.1) is 0 Å². The monoisotopic (exact) mass is 555 g/mol. The third kappa shape index (κ3) is 5.73. The Labute approximate surface area is 223 Å². The molecule has 0 unspecified atom stereocenters. The number of urea groups is 1. The lowest BCUT2D eigenvalue weighted by Crippen LogP contribution is -2.21. The van der Waals surface area contributed by atoms with Crippen molar-refractivity contribution in [1.82, 2.24) is 4.98 Å². The van der Waals surface area contributed by atoms with Gasteiger partial charge in [0.1, 0.15) is 5.82 Å². The summed E-state index contributed by atoms with van der Waals surface area (Å²) < 4.78 is 53.4. The molecule has 198 valence electrons. The lowest BCUT2D eigenvalue weighted by molar-refractivity contribution is -0.137. The Bertz CT molecular complexity index is 1620. The van der Waals surface area contributed by atoms with Crippen LogP contribution in [0.5, 0.6) is 0 Å². The van der Waals surface area contributed by atoms with Crippen LogP contribution in [0.4, 0.5) is 50.8 Å². The third-order valence-electron chi connectivity index (χ3n) is 5.77. The van der Waals surface area contributed by atoms with E-state index in [0.717, 1.165) is 23.9 Å². The number of alkyl halides is 3. The van der Waals surface area contributed by atoms with Crippen LogP contribution in [0.15, 0.2) is 72.9 Å². The van der Waals surface area contributed by atoms with Crippen molar-refractivity contribution in [1.29, 1.82) is 0 Å². The van der Waals surface area contributed by atoms with Crippen LogP contribution in [0.3, 0.4) is 0 Å². The van der Waals surface area contributed by atoms with Crippen LogP contribution in [0.1, 0.15) is 16.8 Å². The van der Waals surface area contributed by atoms with Gasteiger partial charge < -0.3 is 26.3 Å². The molecular formula is C27H18ClF4N5O2. The smallest absolute Gasteiger partial charge is 0.362 e. The molecule has 0 saturated carbocycles. The summed E-state index contributed by atoms with van der Waals surface area (Å²) in [5.74, 6) is -1.02. The minimum absolute atomic E-state index is 0.122. The summed E-state index contributed by atoms with van der Waals surface area (Å²) in [7, 11) is 0. The number of halogens is 5. The van der Waals surface area contributed by atoms with Crippen LogP contribution in [0, 0.1) is 5.82 Å². The standard InChI is InChI=1S/C27H18ClF4N5O2/c28-20-7-3-14(27(30,31)32)10-23(20)36-26(39)37-24-13-17(5-8-21(24)29)34-16-4-6-18-19(11-15-2-1-9-33-15)25(38)35-22(18)12-16/h1-13,33-34H,(H,35,38)(H2,36,37,39)/b19-11+. The summed E-state index contributed by atoms with van der Waals surface area (Å²) in [6.07, 6.45) is -1.14. The normalized spacial score (nSPS) is 13.7. The van der Waals surface area contributed by atoms with Crippen LogP contribution in [-0.4, -0.2) is 16.9 Å². The fourth-order valence-corrected chi connectivity index (χ4v) is 4.11. The average Bonchev–Trinajstić information content (AvgIpc) is 3.49. The predicted octanol–water partition coefficient (Wildman–Crippen LogP) is 7.71. The number of aromatic amines is 1. The Morgan fingerprint density at radius 3 is 2.41 bits per heavy atom. The number of benzene rings is 3. The van der Waals surface area contributed by atoms with Crippen LogP contribution < -0.4 is 21.3 Å². The molecule has 0 fully saturated rings. The second kappa shape index (κ2) is 10.2. The lowest BCUT2D eigenvalue weighted by atomic mass is 10.1. The number of amides is 3. The van der Waals surface area contributed by atoms with Crippen molar-refractivity contribution in [3.05, 3.63) is 101 Å². The Balaban J connectivity index is 1.31. The SMILES string of the molecule is O=C(Nc1cc(Nc2ccc3c(c2)NC(=O)/C3=C/c2ccc[nH]2)ccc1F)Nc1cc(C(F)(F)F)ccc1Cl. The number of aromatic nitrogens is 1. The minimum atomic E-state index is -4.63. The van der Waals surface area contributed by atoms with Gasteiger partial charge >= 0.3 is 12.2 Å². The molecule has 0 aliphatic carbocycles. The molecule has 0 saturated heterocycles. The Morgan fingerprint density at radius 2 is 1.67 bits per heavy atom. The van der Waals surface area contributed by atoms with Crippen molar-refractivity contribution in [2.45, 2.75) is 6.18 Å². The van der Waals surface area contributed by atoms with E-state index in [2.05, 4.69) is 26.3 Å². The third-order valence-corrected chi connectivity index (χ3v) is 6.10. The zero-order valence-electron chi connectivity index (χ0n) is 19.7. The van der Waals surface area contributed by atoms with Crippen molar-refractivity contribution < 1.29 is 27.2 Å². The molecule has 0 spiro atoms. The molecule has 4 aromatic rings. The highest BCUT2D eigenvalue weighted by Gasteiger charge is 2.31. The van der Waals surface area contributed by atoms with Crippen LogP contribution in [0.2, 0.25) is 5.02 Å². The second-order valence-electron chi connectivity index (χ2n) is 8.49. The van der Waals surface area contributed by atoms with Gasteiger partial charge in [0.2, 0.25) is 0 Å². The summed E-state index contributed by atoms with van der Waals surface area (Å²) in [5.41, 5.74) is 2.03. The number of carbonyl (C=O) groups is 2. The summed E-state index contributed by atoms with van der Waals surface area (Å²) in [6.45, 7) is 0. The lowest BCUT2D eigenvalue weighted by Gasteiger charge is -2.14. The Kier molecular flexibility index (Phi) is 6.75. The molecule has 39 heavy (non-hydrogen) atoms. The van der Waals surface area contributed by atoms with Crippen LogP contribution >= 0.6 is 11.6 Å². The van der Waals surface area contributed by atoms with Crippen molar-refractivity contribution in [3.63, 3.8) is 0 Å². The number of rotatable bonds is 5. The first-order valence-corrected chi connectivity index (χ1v) is 11.8. The second-order valence-corrected chi connectivity index (χ2v) is 8.90. The van der Waals surface area contributed by atoms with Gasteiger partial charge in [0.25, 0.3) is 5.91 Å². The fraction of sp³-hybridized carbons (Fsp3) is 0.0370. The van der Waals surface area contributed by atoms with Crippen LogP contribution in [-0.2, 0) is 11.0 Å². The van der Waals surface area contributed by atoms with E-state index in [1.165, 1.54) is 12.1 Å². The van der Waals surface area contributed by atoms with Crippen molar-refractivity contribution in [2.24, 2.45) is 0 Å². The molecular weight excluding hydrogens is 538 g/mol. The molecule has 5 N–H and O–H groups in total. The minimum Gasteiger partial charge on any atom is -0.362 e. The summed E-state index contributed by atoms with van der Waals surface area (Å²) in [5, 5.41) is 10.2. The van der Waals surface area contributed by atoms with E-state index >= 15 is 0 Å². The highest BCUT2D eigenvalue weighted by molar-refractivity contribution is 6.35. The number of hydrogen-bond donors (Lipinski definition) is 5. The molecule has 5 rings (SSSR count). The number of nitrogens with one attached hydrogen (secondary N) is 5. The summed E-state index contributed by atoms with van der Waals surface area (Å²) in [6, 6.07) is 14.2. The van der Waals surface area contributed by atoms with Gasteiger partial charge in [0, 0.05) is 28.8 Å². The first-order chi connectivity index (χ1) is 18.6. The first-order valence-electron chi connectivity index (χ1n) is 11.4. The number of fused-ring (bicyclic) bond motifs is 1. The van der Waals surface area contributed by atoms with Gasteiger partial charge in [-0.25, -0.2) is 9.18 Å². The van der Waals surface area contributed by atoms with E-state index in [4.69, 9.17) is 11.6 Å². The van der Waals surface area contributed by atoms with E-state index < -0.39 is 23.6 Å². The molecule has 0 bridgehead atoms. The van der Waals surface area contributed by atoms with E-state index in [1.807, 2.05) is 12.1 Å². The highest BCUT2D eigenvalue weighted by atomic mass is 35.5. The van der Waals surface area contributed by atoms with Gasteiger partial charge in [-0.05, 0) is 66.7 Å². The maximum Gasteiger partial charge on any atom is 0.416 e. The molecule has 1 aromatic heterocycles.